The number of hydrogen-bond donors (Lipinski definition) is 1. The van der Waals surface area contributed by atoms with Crippen LogP contribution in [0.1, 0.15) is 57.5 Å². The van der Waals surface area contributed by atoms with Crippen molar-refractivity contribution in [2.75, 3.05) is 31.1 Å². The first-order valence-electron chi connectivity index (χ1n) is 12.2. The first-order valence-corrected chi connectivity index (χ1v) is 12.2. The minimum Gasteiger partial charge on any atom is -0.311 e. The predicted molar refractivity (Wildman–Crippen MR) is 128 cm³/mol. The van der Waals surface area contributed by atoms with E-state index in [4.69, 9.17) is 0 Å². The van der Waals surface area contributed by atoms with Crippen molar-refractivity contribution < 1.29 is 13.6 Å². The second-order valence-electron chi connectivity index (χ2n) is 10.5. The molecule has 2 aliphatic heterocycles. The molecule has 9 heteroatoms. The van der Waals surface area contributed by atoms with Crippen molar-refractivity contribution in [3.8, 4) is 0 Å². The van der Waals surface area contributed by atoms with Gasteiger partial charge in [-0.15, -0.1) is 0 Å². The lowest BCUT2D eigenvalue weighted by atomic mass is 9.91. The normalized spacial score (nSPS) is 22.7. The Morgan fingerprint density at radius 2 is 2.12 bits per heavy atom. The molecule has 1 fully saturated rings. The van der Waals surface area contributed by atoms with E-state index in [-0.39, 0.29) is 36.5 Å². The number of carbonyl (C=O) groups is 1. The number of carbonyl (C=O) groups excluding carboxylic acids is 1. The molecular formula is C25H36F2N6O. The minimum atomic E-state index is -2.96. The zero-order valence-corrected chi connectivity index (χ0v) is 20.8. The SMILES string of the molecule is CCCC(F)(F)c1cnc2c(c1)N(C(=O)CN1C[C@@H](C)NC[C@@H]1Cc1ccnn1C)CC2(C)C. The Labute approximate surface area is 200 Å². The third-order valence-corrected chi connectivity index (χ3v) is 7.07. The van der Waals surface area contributed by atoms with E-state index in [1.165, 1.54) is 12.3 Å². The molecule has 2 aliphatic rings. The number of aryl methyl sites for hydroxylation is 1. The molecule has 0 spiro atoms. The molecule has 4 heterocycles. The highest BCUT2D eigenvalue weighted by Crippen LogP contribution is 2.42. The van der Waals surface area contributed by atoms with Crippen molar-refractivity contribution in [3.63, 3.8) is 0 Å². The van der Waals surface area contributed by atoms with Crippen molar-refractivity contribution >= 4 is 11.6 Å². The smallest absolute Gasteiger partial charge is 0.274 e. The number of halogens is 2. The van der Waals surface area contributed by atoms with Gasteiger partial charge in [0.05, 0.1) is 17.9 Å². The molecule has 0 radical (unpaired) electrons. The topological polar surface area (TPSA) is 66.3 Å². The van der Waals surface area contributed by atoms with Gasteiger partial charge in [0, 0.05) is 80.7 Å². The number of nitrogens with one attached hydrogen (secondary N) is 1. The van der Waals surface area contributed by atoms with Crippen LogP contribution in [0.25, 0.3) is 0 Å². The lowest BCUT2D eigenvalue weighted by Crippen LogP contribution is -2.58. The third kappa shape index (κ3) is 4.86. The Balaban J connectivity index is 1.57. The molecule has 186 valence electrons. The van der Waals surface area contributed by atoms with Crippen molar-refractivity contribution in [2.45, 2.75) is 70.4 Å². The Morgan fingerprint density at radius 1 is 1.35 bits per heavy atom. The van der Waals surface area contributed by atoms with Gasteiger partial charge in [0.25, 0.3) is 5.92 Å². The maximum atomic E-state index is 14.7. The maximum absolute atomic E-state index is 14.7. The standard InChI is InChI=1S/C25H36F2N6O/c1-6-8-25(26,27)18-10-21-23(29-12-18)24(3,4)16-33(21)22(34)15-32-14-17(2)28-13-20(32)11-19-7-9-30-31(19)5/h7,9-10,12,17,20,28H,6,8,11,13-16H2,1-5H3/t17-,20+/m1/s1. The highest BCUT2D eigenvalue weighted by atomic mass is 19.3. The molecule has 0 bridgehead atoms. The molecule has 2 atom stereocenters. The van der Waals surface area contributed by atoms with Crippen LogP contribution >= 0.6 is 0 Å². The highest BCUT2D eigenvalue weighted by molar-refractivity contribution is 5.97. The second kappa shape index (κ2) is 9.34. The van der Waals surface area contributed by atoms with Crippen LogP contribution in [-0.2, 0) is 29.6 Å². The van der Waals surface area contributed by atoms with E-state index in [0.29, 0.717) is 24.3 Å². The lowest BCUT2D eigenvalue weighted by Gasteiger charge is -2.39. The molecule has 0 saturated carbocycles. The van der Waals surface area contributed by atoms with Crippen LogP contribution in [0, 0.1) is 0 Å². The van der Waals surface area contributed by atoms with Crippen LogP contribution in [-0.4, -0.2) is 63.8 Å². The number of rotatable bonds is 7. The summed E-state index contributed by atoms with van der Waals surface area (Å²) < 4.78 is 31.2. The number of amides is 1. The molecule has 4 rings (SSSR count). The van der Waals surface area contributed by atoms with Crippen LogP contribution in [0.4, 0.5) is 14.5 Å². The third-order valence-electron chi connectivity index (χ3n) is 7.07. The van der Waals surface area contributed by atoms with Gasteiger partial charge in [-0.1, -0.05) is 27.2 Å². The summed E-state index contributed by atoms with van der Waals surface area (Å²) in [5.41, 5.74) is 1.83. The summed E-state index contributed by atoms with van der Waals surface area (Å²) in [5, 5.41) is 7.77. The van der Waals surface area contributed by atoms with E-state index in [1.807, 2.05) is 31.6 Å². The number of aromatic nitrogens is 3. The van der Waals surface area contributed by atoms with E-state index in [2.05, 4.69) is 27.2 Å². The van der Waals surface area contributed by atoms with E-state index < -0.39 is 11.3 Å². The number of nitrogens with zero attached hydrogens (tertiary/aromatic N) is 5. The molecule has 0 aliphatic carbocycles. The fraction of sp³-hybridized carbons (Fsp3) is 0.640. The van der Waals surface area contributed by atoms with Crippen molar-refractivity contribution in [3.05, 3.63) is 41.5 Å². The summed E-state index contributed by atoms with van der Waals surface area (Å²) in [5.74, 6) is -3.03. The van der Waals surface area contributed by atoms with Gasteiger partial charge in [-0.3, -0.25) is 19.4 Å². The molecule has 1 N–H and O–H groups in total. The second-order valence-corrected chi connectivity index (χ2v) is 10.5. The molecular weight excluding hydrogens is 438 g/mol. The van der Waals surface area contributed by atoms with Crippen LogP contribution in [0.2, 0.25) is 0 Å². The summed E-state index contributed by atoms with van der Waals surface area (Å²) in [6.45, 7) is 10.1. The summed E-state index contributed by atoms with van der Waals surface area (Å²) >= 11 is 0. The molecule has 1 amide bonds. The van der Waals surface area contributed by atoms with E-state index >= 15 is 0 Å². The molecule has 0 unspecified atom stereocenters. The molecule has 0 aromatic carbocycles. The molecule has 2 aromatic rings. The number of hydrogen-bond acceptors (Lipinski definition) is 5. The zero-order valence-electron chi connectivity index (χ0n) is 20.8. The van der Waals surface area contributed by atoms with Gasteiger partial charge in [0.2, 0.25) is 5.91 Å². The van der Waals surface area contributed by atoms with Crippen LogP contribution in [0.3, 0.4) is 0 Å². The van der Waals surface area contributed by atoms with Gasteiger partial charge in [-0.2, -0.15) is 5.10 Å². The number of fused-ring (bicyclic) bond motifs is 1. The average Bonchev–Trinajstić information content (AvgIpc) is 3.29. The number of pyridine rings is 1. The molecule has 7 nitrogen and oxygen atoms in total. The summed E-state index contributed by atoms with van der Waals surface area (Å²) in [6, 6.07) is 3.89. The fourth-order valence-corrected chi connectivity index (χ4v) is 5.15. The van der Waals surface area contributed by atoms with Crippen molar-refractivity contribution in [1.29, 1.82) is 0 Å². The van der Waals surface area contributed by atoms with Crippen LogP contribution < -0.4 is 10.2 Å². The van der Waals surface area contributed by atoms with Crippen molar-refractivity contribution in [1.82, 2.24) is 25.0 Å². The zero-order chi connectivity index (χ0) is 24.7. The number of anilines is 1. The van der Waals surface area contributed by atoms with Gasteiger partial charge in [-0.25, -0.2) is 8.78 Å². The Hall–Kier alpha value is -2.39. The van der Waals surface area contributed by atoms with Gasteiger partial charge in [0.1, 0.15) is 0 Å². The highest BCUT2D eigenvalue weighted by Gasteiger charge is 2.42. The summed E-state index contributed by atoms with van der Waals surface area (Å²) in [4.78, 5) is 21.9. The van der Waals surface area contributed by atoms with Gasteiger partial charge < -0.3 is 10.2 Å². The van der Waals surface area contributed by atoms with E-state index in [1.54, 1.807) is 18.0 Å². The quantitative estimate of drug-likeness (QED) is 0.668. The monoisotopic (exact) mass is 474 g/mol. The summed E-state index contributed by atoms with van der Waals surface area (Å²) in [7, 11) is 1.92. The van der Waals surface area contributed by atoms with Crippen LogP contribution in [0.5, 0.6) is 0 Å². The Morgan fingerprint density at radius 3 is 2.79 bits per heavy atom. The van der Waals surface area contributed by atoms with E-state index in [9.17, 15) is 13.6 Å². The average molecular weight is 475 g/mol. The predicted octanol–water partition coefficient (Wildman–Crippen LogP) is 3.24. The number of alkyl halides is 2. The molecule has 1 saturated heterocycles. The largest absolute Gasteiger partial charge is 0.311 e. The Kier molecular flexibility index (Phi) is 6.79. The number of piperazine rings is 1. The summed E-state index contributed by atoms with van der Waals surface area (Å²) in [6.07, 6.45) is 3.98. The van der Waals surface area contributed by atoms with Gasteiger partial charge in [0.15, 0.2) is 0 Å². The first-order chi connectivity index (χ1) is 16.0. The van der Waals surface area contributed by atoms with Crippen LogP contribution in [0.15, 0.2) is 24.5 Å². The Bertz CT molecular complexity index is 1040. The van der Waals surface area contributed by atoms with Crippen molar-refractivity contribution in [2.24, 2.45) is 7.05 Å². The van der Waals surface area contributed by atoms with Gasteiger partial charge >= 0.3 is 0 Å². The van der Waals surface area contributed by atoms with Gasteiger partial charge in [-0.05, 0) is 19.1 Å². The maximum Gasteiger partial charge on any atom is 0.274 e. The minimum absolute atomic E-state index is 0.0753. The molecule has 2 aromatic heterocycles. The molecule has 34 heavy (non-hydrogen) atoms. The van der Waals surface area contributed by atoms with E-state index in [0.717, 1.165) is 25.2 Å². The fourth-order valence-electron chi connectivity index (χ4n) is 5.15. The lowest BCUT2D eigenvalue weighted by molar-refractivity contribution is -0.120. The first kappa shape index (κ1) is 24.7.